The Labute approximate surface area is 318 Å². The second kappa shape index (κ2) is 18.7. The van der Waals surface area contributed by atoms with Crippen molar-refractivity contribution in [1.82, 2.24) is 4.98 Å². The zero-order chi connectivity index (χ0) is 39.7. The summed E-state index contributed by atoms with van der Waals surface area (Å²) in [6.07, 6.45) is 2.63. The fourth-order valence-electron chi connectivity index (χ4n) is 6.91. The number of alkyl halides is 3. The van der Waals surface area contributed by atoms with Crippen LogP contribution in [0, 0.1) is 11.8 Å². The smallest absolute Gasteiger partial charge is 0.417 e. The molecule has 1 aliphatic rings. The Bertz CT molecular complexity index is 1970. The van der Waals surface area contributed by atoms with Crippen LogP contribution in [0.3, 0.4) is 0 Å². The lowest BCUT2D eigenvalue weighted by atomic mass is 9.86. The fraction of sp³-hybridized carbons (Fsp3) is 0.405. The first-order chi connectivity index (χ1) is 26.2. The van der Waals surface area contributed by atoms with Crippen LogP contribution in [0.25, 0.3) is 21.9 Å². The molecule has 6 atom stereocenters. The van der Waals surface area contributed by atoms with E-state index in [1.54, 1.807) is 42.7 Å². The van der Waals surface area contributed by atoms with Gasteiger partial charge in [0.2, 0.25) is 5.91 Å². The number of allylic oxidation sites excluding steroid dienone is 2. The Morgan fingerprint density at radius 2 is 1.82 bits per heavy atom. The molecule has 13 heteroatoms. The molecular weight excluding hydrogens is 715 g/mol. The zero-order valence-corrected chi connectivity index (χ0v) is 30.8. The molecule has 294 valence electrons. The number of pyridine rings is 1. The van der Waals surface area contributed by atoms with Crippen LogP contribution in [-0.4, -0.2) is 63.6 Å². The third-order valence-corrected chi connectivity index (χ3v) is 10.0. The Balaban J connectivity index is 1.35. The normalized spacial score (nSPS) is 19.7. The van der Waals surface area contributed by atoms with Gasteiger partial charge >= 0.3 is 12.1 Å². The molecule has 6 N–H and O–H groups in total. The number of carbonyl (C=O) groups is 2. The second-order valence-electron chi connectivity index (χ2n) is 14.2. The number of aliphatic hydroxyl groups is 3. The Morgan fingerprint density at radius 3 is 2.53 bits per heavy atom. The summed E-state index contributed by atoms with van der Waals surface area (Å²) in [4.78, 5) is 30.5. The van der Waals surface area contributed by atoms with E-state index in [9.17, 15) is 38.1 Å². The number of rotatable bonds is 16. The molecule has 4 aromatic rings. The van der Waals surface area contributed by atoms with Crippen LogP contribution in [0.15, 0.2) is 85.2 Å². The van der Waals surface area contributed by atoms with Gasteiger partial charge < -0.3 is 35.8 Å². The number of halogens is 3. The van der Waals surface area contributed by atoms with Crippen LogP contribution in [0.2, 0.25) is 0 Å². The topological polar surface area (TPSA) is 164 Å². The average molecular weight is 764 g/mol. The van der Waals surface area contributed by atoms with Crippen LogP contribution >= 0.6 is 0 Å². The van der Waals surface area contributed by atoms with E-state index in [-0.39, 0.29) is 60.5 Å². The number of aromatic nitrogens is 1. The molecule has 1 aliphatic carbocycles. The first-order valence-electron chi connectivity index (χ1n) is 18.4. The Hall–Kier alpha value is -4.82. The van der Waals surface area contributed by atoms with E-state index in [1.165, 1.54) is 31.2 Å². The largest absolute Gasteiger partial charge is 0.491 e. The summed E-state index contributed by atoms with van der Waals surface area (Å²) in [7, 11) is 0. The highest BCUT2D eigenvalue weighted by Crippen LogP contribution is 2.42. The van der Waals surface area contributed by atoms with Crippen LogP contribution in [0.5, 0.6) is 5.75 Å². The van der Waals surface area contributed by atoms with Crippen molar-refractivity contribution in [2.75, 3.05) is 18.5 Å². The number of hydrogen-bond donors (Lipinski definition) is 5. The average Bonchev–Trinajstić information content (AvgIpc) is 3.40. The molecule has 2 unspecified atom stereocenters. The number of amides is 1. The molecule has 0 saturated heterocycles. The van der Waals surface area contributed by atoms with Gasteiger partial charge in [0.25, 0.3) is 0 Å². The molecule has 55 heavy (non-hydrogen) atoms. The summed E-state index contributed by atoms with van der Waals surface area (Å²) in [6.45, 7) is 2.72. The van der Waals surface area contributed by atoms with E-state index < -0.39 is 47.8 Å². The lowest BCUT2D eigenvalue weighted by Gasteiger charge is -2.23. The molecule has 1 heterocycles. The number of esters is 1. The summed E-state index contributed by atoms with van der Waals surface area (Å²) in [5, 5.41) is 34.3. The van der Waals surface area contributed by atoms with Gasteiger partial charge in [-0.1, -0.05) is 43.3 Å². The molecule has 0 aliphatic heterocycles. The van der Waals surface area contributed by atoms with Crippen molar-refractivity contribution in [3.8, 4) is 16.9 Å². The first kappa shape index (κ1) is 41.3. The molecule has 1 aromatic heterocycles. The van der Waals surface area contributed by atoms with E-state index in [1.807, 2.05) is 19.1 Å². The minimum Gasteiger partial charge on any atom is -0.491 e. The molecule has 5 rings (SSSR count). The van der Waals surface area contributed by atoms with Crippen molar-refractivity contribution >= 4 is 28.3 Å². The molecule has 1 amide bonds. The molecule has 3 aromatic carbocycles. The minimum atomic E-state index is -4.83. The Kier molecular flexibility index (Phi) is 14.0. The number of nitrogens with zero attached hydrogens (tertiary/aromatic N) is 1. The van der Waals surface area contributed by atoms with Crippen LogP contribution < -0.4 is 15.8 Å². The van der Waals surface area contributed by atoms with Crippen LogP contribution in [0.4, 0.5) is 18.9 Å². The van der Waals surface area contributed by atoms with Gasteiger partial charge in [-0.2, -0.15) is 13.2 Å². The van der Waals surface area contributed by atoms with Gasteiger partial charge in [0.15, 0.2) is 0 Å². The molecule has 10 nitrogen and oxygen atoms in total. The van der Waals surface area contributed by atoms with Crippen molar-refractivity contribution in [1.29, 1.82) is 0 Å². The number of hydrogen-bond acceptors (Lipinski definition) is 9. The van der Waals surface area contributed by atoms with E-state index in [0.717, 1.165) is 16.8 Å². The highest BCUT2D eigenvalue weighted by molar-refractivity contribution is 5.99. The van der Waals surface area contributed by atoms with Crippen LogP contribution in [-0.2, 0) is 27.1 Å². The number of ether oxygens (including phenoxy) is 2. The van der Waals surface area contributed by atoms with Gasteiger partial charge in [-0.15, -0.1) is 0 Å². The summed E-state index contributed by atoms with van der Waals surface area (Å²) in [5.74, 6) is -2.18. The molecule has 0 radical (unpaired) electrons. The van der Waals surface area contributed by atoms with E-state index in [0.29, 0.717) is 36.9 Å². The number of aliphatic hydroxyl groups excluding tert-OH is 3. The fourth-order valence-corrected chi connectivity index (χ4v) is 6.91. The zero-order valence-electron chi connectivity index (χ0n) is 30.8. The lowest BCUT2D eigenvalue weighted by Crippen LogP contribution is -2.28. The highest BCUT2D eigenvalue weighted by atomic mass is 19.4. The number of anilines is 1. The van der Waals surface area contributed by atoms with Gasteiger partial charge in [-0.05, 0) is 108 Å². The van der Waals surface area contributed by atoms with Crippen molar-refractivity contribution < 1.29 is 47.6 Å². The Morgan fingerprint density at radius 1 is 1.02 bits per heavy atom. The maximum atomic E-state index is 14.7. The third kappa shape index (κ3) is 10.9. The van der Waals surface area contributed by atoms with Gasteiger partial charge in [0.05, 0.1) is 29.8 Å². The first-order valence-corrected chi connectivity index (χ1v) is 18.4. The number of unbranched alkanes of at least 4 members (excludes halogenated alkanes) is 1. The van der Waals surface area contributed by atoms with Gasteiger partial charge in [-0.25, -0.2) is 0 Å². The number of fused-ring (bicyclic) bond motifs is 1. The summed E-state index contributed by atoms with van der Waals surface area (Å²) in [6, 6.07) is 15.1. The van der Waals surface area contributed by atoms with Crippen molar-refractivity contribution in [2.24, 2.45) is 17.6 Å². The SMILES string of the molecule is C[C@@H]1C(C/C=C\CCCC(=O)OCc2ccc(C(CN)C(=O)Nc3ccc4cnccc4c3)c(-c3ccc(OC[C@@H](C)O)cc3C(F)(F)F)c2)[C@@H](O)C[C@H]1O. The standard InChI is InChI=1S/C42H48F3N3O7/c1-25(49)23-54-31-12-14-34(37(19-31)42(43,44)45)35-17-27(24-55-40(52)8-6-4-3-5-7-32-26(2)38(50)20-39(32)51)9-13-33(35)36(21-46)41(53)48-30-11-10-29-22-47-16-15-28(29)18-30/h3,5,9-19,22,25-26,32,36,38-39,49-51H,4,6-8,20-21,23-24,46H2,1-2H3,(H,48,53)/b5-3-/t25-,26-,32?,36?,38-,39+/m1/s1. The van der Waals surface area contributed by atoms with Gasteiger partial charge in [0, 0.05) is 36.4 Å². The van der Waals surface area contributed by atoms with E-state index in [4.69, 9.17) is 15.2 Å². The monoisotopic (exact) mass is 763 g/mol. The molecular formula is C42H48F3N3O7. The predicted octanol–water partition coefficient (Wildman–Crippen LogP) is 6.90. The minimum absolute atomic E-state index is 0.00490. The van der Waals surface area contributed by atoms with E-state index >= 15 is 0 Å². The number of carbonyl (C=O) groups excluding carboxylic acids is 2. The van der Waals surface area contributed by atoms with Gasteiger partial charge in [-0.3, -0.25) is 14.6 Å². The van der Waals surface area contributed by atoms with E-state index in [2.05, 4.69) is 10.3 Å². The summed E-state index contributed by atoms with van der Waals surface area (Å²) >= 11 is 0. The summed E-state index contributed by atoms with van der Waals surface area (Å²) in [5.41, 5.74) is 6.09. The number of benzene rings is 3. The number of nitrogens with one attached hydrogen (secondary N) is 1. The quantitative estimate of drug-likeness (QED) is 0.0464. The van der Waals surface area contributed by atoms with Crippen molar-refractivity contribution in [3.05, 3.63) is 102 Å². The lowest BCUT2D eigenvalue weighted by molar-refractivity contribution is -0.145. The van der Waals surface area contributed by atoms with Crippen molar-refractivity contribution in [3.63, 3.8) is 0 Å². The highest BCUT2D eigenvalue weighted by Gasteiger charge is 2.38. The molecule has 1 saturated carbocycles. The predicted molar refractivity (Wildman–Crippen MR) is 203 cm³/mol. The summed E-state index contributed by atoms with van der Waals surface area (Å²) < 4.78 is 54.9. The molecule has 0 spiro atoms. The van der Waals surface area contributed by atoms with Crippen molar-refractivity contribution in [2.45, 2.75) is 83.0 Å². The maximum absolute atomic E-state index is 14.7. The van der Waals surface area contributed by atoms with Gasteiger partial charge in [0.1, 0.15) is 19.0 Å². The second-order valence-corrected chi connectivity index (χ2v) is 14.2. The molecule has 0 bridgehead atoms. The number of nitrogens with two attached hydrogens (primary N) is 1. The molecule has 1 fully saturated rings. The van der Waals surface area contributed by atoms with Crippen LogP contribution in [0.1, 0.15) is 68.6 Å². The maximum Gasteiger partial charge on any atom is 0.417 e. The third-order valence-electron chi connectivity index (χ3n) is 10.0.